The molecule has 0 aliphatic carbocycles. The van der Waals surface area contributed by atoms with E-state index >= 15 is 0 Å². The molecular formula is C19H33IN4O. The summed E-state index contributed by atoms with van der Waals surface area (Å²) in [5.74, 6) is 0.853. The second-order valence-corrected chi connectivity index (χ2v) is 7.00. The van der Waals surface area contributed by atoms with Crippen LogP contribution in [-0.2, 0) is 17.8 Å². The molecule has 6 heteroatoms. The van der Waals surface area contributed by atoms with E-state index in [0.29, 0.717) is 6.54 Å². The molecule has 2 rings (SSSR count). The molecule has 0 amide bonds. The summed E-state index contributed by atoms with van der Waals surface area (Å²) in [6.45, 7) is 8.40. The first-order valence-electron chi connectivity index (χ1n) is 8.89. The summed E-state index contributed by atoms with van der Waals surface area (Å²) in [6.07, 6.45) is 2.25. The van der Waals surface area contributed by atoms with Gasteiger partial charge in [0.25, 0.3) is 0 Å². The molecule has 0 radical (unpaired) electrons. The number of hydrogen-bond donors (Lipinski definition) is 2. The van der Waals surface area contributed by atoms with Crippen LogP contribution in [0.1, 0.15) is 37.8 Å². The predicted octanol–water partition coefficient (Wildman–Crippen LogP) is 2.99. The van der Waals surface area contributed by atoms with E-state index in [9.17, 15) is 0 Å². The number of guanidine groups is 1. The van der Waals surface area contributed by atoms with Crippen molar-refractivity contribution in [1.82, 2.24) is 15.5 Å². The minimum atomic E-state index is -0.0655. The van der Waals surface area contributed by atoms with Crippen molar-refractivity contribution < 1.29 is 4.74 Å². The van der Waals surface area contributed by atoms with Crippen molar-refractivity contribution in [2.24, 2.45) is 4.99 Å². The van der Waals surface area contributed by atoms with Gasteiger partial charge in [-0.2, -0.15) is 0 Å². The van der Waals surface area contributed by atoms with E-state index < -0.39 is 0 Å². The maximum Gasteiger partial charge on any atom is 0.191 e. The van der Waals surface area contributed by atoms with E-state index in [0.717, 1.165) is 45.0 Å². The van der Waals surface area contributed by atoms with Crippen molar-refractivity contribution >= 4 is 29.9 Å². The molecule has 1 aliphatic heterocycles. The Bertz CT molecular complexity index is 525. The van der Waals surface area contributed by atoms with Crippen molar-refractivity contribution in [2.75, 3.05) is 33.8 Å². The highest BCUT2D eigenvalue weighted by molar-refractivity contribution is 14.0. The summed E-state index contributed by atoms with van der Waals surface area (Å²) in [5.41, 5.74) is 2.48. The lowest BCUT2D eigenvalue weighted by Gasteiger charge is -2.24. The molecule has 0 bridgehead atoms. The molecule has 0 saturated carbocycles. The highest BCUT2D eigenvalue weighted by Crippen LogP contribution is 2.23. The molecule has 1 aliphatic rings. The molecule has 25 heavy (non-hydrogen) atoms. The van der Waals surface area contributed by atoms with Gasteiger partial charge in [0, 0.05) is 26.2 Å². The molecular weight excluding hydrogens is 427 g/mol. The van der Waals surface area contributed by atoms with Gasteiger partial charge < -0.3 is 20.3 Å². The van der Waals surface area contributed by atoms with Gasteiger partial charge >= 0.3 is 0 Å². The van der Waals surface area contributed by atoms with Gasteiger partial charge in [-0.25, -0.2) is 4.99 Å². The Balaban J connectivity index is 0.00000312. The number of aliphatic imine (C=N–C) groups is 1. The second-order valence-electron chi connectivity index (χ2n) is 7.00. The van der Waals surface area contributed by atoms with Gasteiger partial charge in [0.1, 0.15) is 0 Å². The highest BCUT2D eigenvalue weighted by atomic mass is 127. The number of rotatable bonds is 7. The lowest BCUT2D eigenvalue weighted by molar-refractivity contribution is 0.0243. The van der Waals surface area contributed by atoms with Crippen LogP contribution in [0.4, 0.5) is 0 Å². The van der Waals surface area contributed by atoms with E-state index in [-0.39, 0.29) is 29.6 Å². The lowest BCUT2D eigenvalue weighted by atomic mass is 10.0. The Morgan fingerprint density at radius 2 is 1.88 bits per heavy atom. The number of halogens is 1. The maximum atomic E-state index is 5.83. The van der Waals surface area contributed by atoms with Gasteiger partial charge in [0.15, 0.2) is 5.96 Å². The van der Waals surface area contributed by atoms with Crippen LogP contribution in [0.25, 0.3) is 0 Å². The van der Waals surface area contributed by atoms with Crippen molar-refractivity contribution in [2.45, 2.75) is 45.4 Å². The zero-order valence-corrected chi connectivity index (χ0v) is 18.3. The first-order valence-corrected chi connectivity index (χ1v) is 8.89. The number of nitrogens with one attached hydrogen (secondary N) is 2. The van der Waals surface area contributed by atoms with Gasteiger partial charge in [0.2, 0.25) is 0 Å². The summed E-state index contributed by atoms with van der Waals surface area (Å²) >= 11 is 0. The lowest BCUT2D eigenvalue weighted by Crippen LogP contribution is -2.45. The number of benzene rings is 1. The Hall–Kier alpha value is -0.860. The summed E-state index contributed by atoms with van der Waals surface area (Å²) < 4.78 is 5.83. The third kappa shape index (κ3) is 7.92. The average Bonchev–Trinajstić information content (AvgIpc) is 2.98. The molecule has 1 unspecified atom stereocenters. The molecule has 1 heterocycles. The first kappa shape index (κ1) is 22.2. The monoisotopic (exact) mass is 460 g/mol. The topological polar surface area (TPSA) is 48.9 Å². The largest absolute Gasteiger partial charge is 0.373 e. The van der Waals surface area contributed by atoms with Gasteiger partial charge in [-0.05, 0) is 51.9 Å². The fourth-order valence-corrected chi connectivity index (χ4v) is 2.87. The molecule has 2 N–H and O–H groups in total. The first-order chi connectivity index (χ1) is 11.5. The third-order valence-corrected chi connectivity index (χ3v) is 4.22. The van der Waals surface area contributed by atoms with Crippen LogP contribution in [-0.4, -0.2) is 50.3 Å². The van der Waals surface area contributed by atoms with Crippen LogP contribution in [0.15, 0.2) is 29.3 Å². The normalized spacial score (nSPS) is 20.4. The fraction of sp³-hybridized carbons (Fsp3) is 0.632. The standard InChI is InChI=1S/C19H32N4O.HI/c1-5-20-18(22-15-19(2)11-6-12-24-19)21-13-16-7-9-17(10-8-16)14-23(3)4;/h7-10H,5-6,11-15H2,1-4H3,(H2,20,21,22);1H. The number of ether oxygens (including phenoxy) is 1. The SMILES string of the molecule is CCNC(=NCc1ccc(CN(C)C)cc1)NCC1(C)CCCO1.I. The van der Waals surface area contributed by atoms with Gasteiger partial charge in [0.05, 0.1) is 12.1 Å². The fourth-order valence-electron chi connectivity index (χ4n) is 2.87. The quantitative estimate of drug-likeness (QED) is 0.373. The zero-order chi connectivity index (χ0) is 17.4. The van der Waals surface area contributed by atoms with E-state index in [2.05, 4.69) is 67.7 Å². The van der Waals surface area contributed by atoms with Crippen LogP contribution in [0.5, 0.6) is 0 Å². The smallest absolute Gasteiger partial charge is 0.191 e. The summed E-state index contributed by atoms with van der Waals surface area (Å²) in [5, 5.41) is 6.73. The second kappa shape index (κ2) is 11.0. The van der Waals surface area contributed by atoms with Crippen LogP contribution in [0, 0.1) is 0 Å². The number of hydrogen-bond acceptors (Lipinski definition) is 3. The van der Waals surface area contributed by atoms with Gasteiger partial charge in [-0.3, -0.25) is 0 Å². The molecule has 1 aromatic carbocycles. The number of nitrogens with zero attached hydrogens (tertiary/aromatic N) is 2. The van der Waals surface area contributed by atoms with Crippen LogP contribution >= 0.6 is 24.0 Å². The maximum absolute atomic E-state index is 5.83. The minimum Gasteiger partial charge on any atom is -0.373 e. The summed E-state index contributed by atoms with van der Waals surface area (Å²) in [7, 11) is 4.17. The van der Waals surface area contributed by atoms with E-state index in [4.69, 9.17) is 9.73 Å². The molecule has 0 spiro atoms. The average molecular weight is 460 g/mol. The van der Waals surface area contributed by atoms with E-state index in [1.54, 1.807) is 0 Å². The van der Waals surface area contributed by atoms with Crippen molar-refractivity contribution in [1.29, 1.82) is 0 Å². The molecule has 0 aromatic heterocycles. The minimum absolute atomic E-state index is 0. The Morgan fingerprint density at radius 1 is 1.20 bits per heavy atom. The van der Waals surface area contributed by atoms with Gasteiger partial charge in [-0.15, -0.1) is 24.0 Å². The van der Waals surface area contributed by atoms with Crippen LogP contribution in [0.2, 0.25) is 0 Å². The summed E-state index contributed by atoms with van der Waals surface area (Å²) in [6, 6.07) is 8.68. The molecule has 142 valence electrons. The van der Waals surface area contributed by atoms with Crippen molar-refractivity contribution in [3.8, 4) is 0 Å². The van der Waals surface area contributed by atoms with Crippen LogP contribution in [0.3, 0.4) is 0 Å². The molecule has 1 aromatic rings. The van der Waals surface area contributed by atoms with E-state index in [1.807, 2.05) is 0 Å². The highest BCUT2D eigenvalue weighted by Gasteiger charge is 2.29. The Labute approximate surface area is 169 Å². The molecule has 1 saturated heterocycles. The van der Waals surface area contributed by atoms with Crippen molar-refractivity contribution in [3.63, 3.8) is 0 Å². The predicted molar refractivity (Wildman–Crippen MR) is 116 cm³/mol. The van der Waals surface area contributed by atoms with Crippen molar-refractivity contribution in [3.05, 3.63) is 35.4 Å². The zero-order valence-electron chi connectivity index (χ0n) is 16.0. The molecule has 5 nitrogen and oxygen atoms in total. The molecule has 1 atom stereocenters. The Kier molecular flexibility index (Phi) is 9.74. The molecule has 1 fully saturated rings. The van der Waals surface area contributed by atoms with Crippen LogP contribution < -0.4 is 10.6 Å². The third-order valence-electron chi connectivity index (χ3n) is 4.22. The Morgan fingerprint density at radius 3 is 2.44 bits per heavy atom. The van der Waals surface area contributed by atoms with E-state index in [1.165, 1.54) is 11.1 Å². The van der Waals surface area contributed by atoms with Gasteiger partial charge in [-0.1, -0.05) is 24.3 Å². The summed E-state index contributed by atoms with van der Waals surface area (Å²) in [4.78, 5) is 6.87.